The number of thioether (sulfide) groups is 1. The summed E-state index contributed by atoms with van der Waals surface area (Å²) in [5, 5.41) is 12.2. The van der Waals surface area contributed by atoms with Gasteiger partial charge in [-0.15, -0.1) is 0 Å². The van der Waals surface area contributed by atoms with Crippen molar-refractivity contribution >= 4 is 51.3 Å². The fourth-order valence-electron chi connectivity index (χ4n) is 2.53. The van der Waals surface area contributed by atoms with Crippen LogP contribution in [0, 0.1) is 5.82 Å². The summed E-state index contributed by atoms with van der Waals surface area (Å²) in [7, 11) is 0. The molecule has 0 amide bonds. The number of nitrogens with one attached hydrogen (secondary N) is 3. The second kappa shape index (κ2) is 9.66. The number of para-hydroxylation sites is 1. The van der Waals surface area contributed by atoms with Gasteiger partial charge in [0.15, 0.2) is 10.3 Å². The van der Waals surface area contributed by atoms with Crippen LogP contribution < -0.4 is 16.1 Å². The van der Waals surface area contributed by atoms with E-state index in [0.29, 0.717) is 10.9 Å². The molecular weight excluding hydrogens is 393 g/mol. The third kappa shape index (κ3) is 5.53. The van der Waals surface area contributed by atoms with Crippen LogP contribution in [0.1, 0.15) is 25.8 Å². The van der Waals surface area contributed by atoms with E-state index in [0.717, 1.165) is 35.1 Å². The maximum atomic E-state index is 13.6. The molecule has 0 radical (unpaired) electrons. The molecule has 0 aromatic heterocycles. The lowest BCUT2D eigenvalue weighted by Crippen LogP contribution is -2.25. The van der Waals surface area contributed by atoms with E-state index in [1.54, 1.807) is 30.0 Å². The number of hydrogen-bond acceptors (Lipinski definition) is 5. The first kappa shape index (κ1) is 20.3. The van der Waals surface area contributed by atoms with Crippen molar-refractivity contribution in [1.29, 1.82) is 0 Å². The zero-order valence-electron chi connectivity index (χ0n) is 15.7. The van der Waals surface area contributed by atoms with Crippen LogP contribution in [0.5, 0.6) is 0 Å². The summed E-state index contributed by atoms with van der Waals surface area (Å²) in [4.78, 5) is 4.52. The predicted octanol–water partition coefficient (Wildman–Crippen LogP) is 4.83. The number of amidine groups is 1. The van der Waals surface area contributed by atoms with E-state index in [-0.39, 0.29) is 10.9 Å². The van der Waals surface area contributed by atoms with Crippen molar-refractivity contribution in [2.75, 3.05) is 17.2 Å². The van der Waals surface area contributed by atoms with Gasteiger partial charge in [-0.25, -0.2) is 4.39 Å². The second-order valence-corrected chi connectivity index (χ2v) is 7.94. The molecule has 2 aromatic rings. The Kier molecular flexibility index (Phi) is 7.00. The minimum Gasteiger partial charge on any atom is -0.335 e. The Hall–Kier alpha value is -2.45. The van der Waals surface area contributed by atoms with Gasteiger partial charge in [0.25, 0.3) is 0 Å². The summed E-state index contributed by atoms with van der Waals surface area (Å²) in [5.41, 5.74) is 5.77. The summed E-state index contributed by atoms with van der Waals surface area (Å²) in [6.07, 6.45) is 1.12. The van der Waals surface area contributed by atoms with Crippen LogP contribution in [0.3, 0.4) is 0 Å². The molecule has 5 nitrogen and oxygen atoms in total. The van der Waals surface area contributed by atoms with Crippen molar-refractivity contribution in [3.8, 4) is 0 Å². The average Bonchev–Trinajstić information content (AvgIpc) is 3.16. The second-order valence-electron chi connectivity index (χ2n) is 6.24. The molecule has 0 bridgehead atoms. The fourth-order valence-corrected chi connectivity index (χ4v) is 3.64. The highest BCUT2D eigenvalue weighted by molar-refractivity contribution is 8.15. The van der Waals surface area contributed by atoms with Gasteiger partial charge >= 0.3 is 0 Å². The topological polar surface area (TPSA) is 60.8 Å². The van der Waals surface area contributed by atoms with E-state index in [2.05, 4.69) is 33.1 Å². The lowest BCUT2D eigenvalue weighted by Gasteiger charge is -2.10. The molecule has 3 N–H and O–H groups in total. The molecule has 8 heteroatoms. The quantitative estimate of drug-likeness (QED) is 0.371. The highest BCUT2D eigenvalue weighted by atomic mass is 32.2. The van der Waals surface area contributed by atoms with E-state index < -0.39 is 0 Å². The maximum Gasteiger partial charge on any atom is 0.191 e. The number of nitrogens with zero attached hydrogens (tertiary/aromatic N) is 2. The molecule has 0 saturated carbocycles. The van der Waals surface area contributed by atoms with Gasteiger partial charge < -0.3 is 10.6 Å². The van der Waals surface area contributed by atoms with E-state index in [4.69, 9.17) is 12.2 Å². The van der Waals surface area contributed by atoms with Gasteiger partial charge in [-0.05, 0) is 55.4 Å². The summed E-state index contributed by atoms with van der Waals surface area (Å²) in [5.74, 6) is -0.370. The molecule has 0 aliphatic carbocycles. The minimum absolute atomic E-state index is 0.226. The smallest absolute Gasteiger partial charge is 0.191 e. The Labute approximate surface area is 173 Å². The molecule has 0 fully saturated rings. The summed E-state index contributed by atoms with van der Waals surface area (Å²) < 4.78 is 13.6. The van der Waals surface area contributed by atoms with Gasteiger partial charge in [-0.2, -0.15) is 5.10 Å². The number of hydrogen-bond donors (Lipinski definition) is 3. The summed E-state index contributed by atoms with van der Waals surface area (Å²) in [6.45, 7) is 4.93. The number of thiocarbonyl (C=S) groups is 1. The molecule has 1 aliphatic rings. The molecule has 0 spiro atoms. The fraction of sp³-hybridized carbons (Fsp3) is 0.250. The van der Waals surface area contributed by atoms with Gasteiger partial charge in [-0.3, -0.25) is 10.4 Å². The van der Waals surface area contributed by atoms with E-state index in [9.17, 15) is 4.39 Å². The van der Waals surface area contributed by atoms with Gasteiger partial charge in [0.2, 0.25) is 0 Å². The van der Waals surface area contributed by atoms with Crippen LogP contribution in [-0.4, -0.2) is 27.8 Å². The lowest BCUT2D eigenvalue weighted by atomic mass is 10.1. The molecule has 28 heavy (non-hydrogen) atoms. The molecule has 1 heterocycles. The highest BCUT2D eigenvalue weighted by Gasteiger charge is 2.17. The van der Waals surface area contributed by atoms with Gasteiger partial charge in [0.1, 0.15) is 5.82 Å². The number of aliphatic imine (C=N–C) groups is 1. The van der Waals surface area contributed by atoms with Crippen LogP contribution >= 0.6 is 24.0 Å². The van der Waals surface area contributed by atoms with E-state index in [1.807, 2.05) is 31.2 Å². The van der Waals surface area contributed by atoms with Gasteiger partial charge in [0.05, 0.1) is 17.9 Å². The molecule has 1 atom stereocenters. The largest absolute Gasteiger partial charge is 0.335 e. The zero-order chi connectivity index (χ0) is 19.9. The number of benzene rings is 2. The molecule has 2 aromatic carbocycles. The highest BCUT2D eigenvalue weighted by Crippen LogP contribution is 2.24. The van der Waals surface area contributed by atoms with Crippen molar-refractivity contribution < 1.29 is 4.39 Å². The number of halogens is 1. The Morgan fingerprint density at radius 2 is 2.00 bits per heavy atom. The Bertz CT molecular complexity index is 896. The normalized spacial score (nSPS) is 16.5. The maximum absolute atomic E-state index is 13.6. The average molecular weight is 416 g/mol. The zero-order valence-corrected chi connectivity index (χ0v) is 17.3. The standard InChI is InChI=1S/C20H22FN5S2/c1-3-16-12-22-20(28-16)23-15-10-8-14(9-11-15)13(2)25-26-19(27)24-18-7-5-4-6-17(18)21/h4-11,16H,3,12H2,1-2H3,(H,22,23)(H2,24,26,27)/b25-13-/t16-/m0/s1. The number of anilines is 2. The van der Waals surface area contributed by atoms with Gasteiger partial charge in [-0.1, -0.05) is 43.0 Å². The number of rotatable bonds is 5. The summed E-state index contributed by atoms with van der Waals surface area (Å²) >= 11 is 6.95. The van der Waals surface area contributed by atoms with Crippen LogP contribution in [-0.2, 0) is 0 Å². The monoisotopic (exact) mass is 415 g/mol. The van der Waals surface area contributed by atoms with E-state index >= 15 is 0 Å². The SMILES string of the molecule is CC[C@H]1CN=C(Nc2ccc(/C(C)=N\NC(=S)Nc3ccccc3F)cc2)S1. The Morgan fingerprint density at radius 1 is 1.25 bits per heavy atom. The van der Waals surface area contributed by atoms with Gasteiger partial charge in [0, 0.05) is 10.9 Å². The van der Waals surface area contributed by atoms with Crippen LogP contribution in [0.25, 0.3) is 0 Å². The first-order chi connectivity index (χ1) is 13.5. The van der Waals surface area contributed by atoms with Crippen molar-refractivity contribution in [2.24, 2.45) is 10.1 Å². The molecule has 0 saturated heterocycles. The van der Waals surface area contributed by atoms with Crippen molar-refractivity contribution in [2.45, 2.75) is 25.5 Å². The molecule has 146 valence electrons. The van der Waals surface area contributed by atoms with E-state index in [1.165, 1.54) is 6.07 Å². The Balaban J connectivity index is 1.54. The van der Waals surface area contributed by atoms with Crippen molar-refractivity contribution in [3.05, 3.63) is 59.9 Å². The molecule has 3 rings (SSSR count). The molecule has 0 unspecified atom stereocenters. The third-order valence-electron chi connectivity index (χ3n) is 4.17. The number of hydrazone groups is 1. The predicted molar refractivity (Wildman–Crippen MR) is 122 cm³/mol. The first-order valence-electron chi connectivity index (χ1n) is 8.99. The van der Waals surface area contributed by atoms with Crippen molar-refractivity contribution in [1.82, 2.24) is 5.43 Å². The lowest BCUT2D eigenvalue weighted by molar-refractivity contribution is 0.632. The molecule has 1 aliphatic heterocycles. The van der Waals surface area contributed by atoms with Crippen LogP contribution in [0.2, 0.25) is 0 Å². The molecular formula is C20H22FN5S2. The van der Waals surface area contributed by atoms with Crippen molar-refractivity contribution in [3.63, 3.8) is 0 Å². The van der Waals surface area contributed by atoms with Crippen LogP contribution in [0.15, 0.2) is 58.6 Å². The Morgan fingerprint density at radius 3 is 2.68 bits per heavy atom. The third-order valence-corrected chi connectivity index (χ3v) is 5.64. The summed E-state index contributed by atoms with van der Waals surface area (Å²) in [6, 6.07) is 14.3. The minimum atomic E-state index is -0.370. The van der Waals surface area contributed by atoms with Crippen LogP contribution in [0.4, 0.5) is 15.8 Å². The first-order valence-corrected chi connectivity index (χ1v) is 10.3.